The summed E-state index contributed by atoms with van der Waals surface area (Å²) in [4.78, 5) is 0.229. The fraction of sp³-hybridized carbons (Fsp3) is 0.714. The van der Waals surface area contributed by atoms with E-state index in [-0.39, 0.29) is 4.90 Å². The largest absolute Gasteiger partial charge is 0.464 e. The summed E-state index contributed by atoms with van der Waals surface area (Å²) in [5, 5.41) is 3.11. The predicted octanol–water partition coefficient (Wildman–Crippen LogP) is 1.79. The van der Waals surface area contributed by atoms with E-state index in [0.717, 1.165) is 25.8 Å². The van der Waals surface area contributed by atoms with Gasteiger partial charge in [-0.25, -0.2) is 13.1 Å². The average Bonchev–Trinajstić information content (AvgIpc) is 2.82. The molecule has 21 heavy (non-hydrogen) atoms. The Bertz CT molecular complexity index is 511. The molecule has 0 radical (unpaired) electrons. The monoisotopic (exact) mass is 318 g/mol. The first-order valence-corrected chi connectivity index (χ1v) is 8.78. The Labute approximate surface area is 127 Å². The number of rotatable bonds is 11. The second-order valence-corrected chi connectivity index (χ2v) is 6.60. The normalized spacial score (nSPS) is 12.0. The van der Waals surface area contributed by atoms with Gasteiger partial charge in [0.25, 0.3) is 0 Å². The number of aryl methyl sites for hydroxylation is 1. The zero-order valence-corrected chi connectivity index (χ0v) is 13.9. The van der Waals surface area contributed by atoms with E-state index in [9.17, 15) is 8.42 Å². The van der Waals surface area contributed by atoms with Crippen molar-refractivity contribution in [3.8, 4) is 0 Å². The van der Waals surface area contributed by atoms with Gasteiger partial charge in [0.15, 0.2) is 0 Å². The molecule has 0 aliphatic heterocycles. The van der Waals surface area contributed by atoms with Gasteiger partial charge in [0.05, 0.1) is 6.54 Å². The molecule has 7 heteroatoms. The highest BCUT2D eigenvalue weighted by Crippen LogP contribution is 2.19. The van der Waals surface area contributed by atoms with Crippen molar-refractivity contribution >= 4 is 10.0 Å². The molecule has 122 valence electrons. The lowest BCUT2D eigenvalue weighted by molar-refractivity contribution is 0.192. The van der Waals surface area contributed by atoms with Crippen LogP contribution >= 0.6 is 0 Å². The van der Waals surface area contributed by atoms with E-state index in [1.807, 2.05) is 6.92 Å². The Morgan fingerprint density at radius 2 is 2.05 bits per heavy atom. The summed E-state index contributed by atoms with van der Waals surface area (Å²) in [5.41, 5.74) is 0. The van der Waals surface area contributed by atoms with Gasteiger partial charge >= 0.3 is 0 Å². The van der Waals surface area contributed by atoms with Gasteiger partial charge in [0, 0.05) is 26.3 Å². The third-order valence-corrected chi connectivity index (χ3v) is 4.65. The molecule has 0 aliphatic rings. The fourth-order valence-electron chi connectivity index (χ4n) is 1.96. The molecule has 0 fully saturated rings. The molecule has 0 spiro atoms. The second-order valence-electron chi connectivity index (χ2n) is 4.86. The number of furan rings is 1. The van der Waals surface area contributed by atoms with Crippen LogP contribution in [0, 0.1) is 6.92 Å². The molecule has 0 aliphatic carbocycles. The lowest BCUT2D eigenvalue weighted by atomic mass is 10.2. The summed E-state index contributed by atoms with van der Waals surface area (Å²) < 4.78 is 37.5. The molecule has 0 atom stereocenters. The van der Waals surface area contributed by atoms with E-state index in [1.54, 1.807) is 20.1 Å². The fourth-order valence-corrected chi connectivity index (χ4v) is 3.23. The molecule has 0 saturated heterocycles. The predicted molar refractivity (Wildman–Crippen MR) is 81.7 cm³/mol. The highest BCUT2D eigenvalue weighted by atomic mass is 32.2. The van der Waals surface area contributed by atoms with Crippen LogP contribution in [0.4, 0.5) is 0 Å². The lowest BCUT2D eigenvalue weighted by Crippen LogP contribution is -2.25. The van der Waals surface area contributed by atoms with Crippen molar-refractivity contribution in [3.05, 3.63) is 17.6 Å². The van der Waals surface area contributed by atoms with E-state index in [2.05, 4.69) is 10.0 Å². The third kappa shape index (κ3) is 6.17. The Morgan fingerprint density at radius 3 is 2.71 bits per heavy atom. The van der Waals surface area contributed by atoms with Crippen molar-refractivity contribution in [2.45, 2.75) is 44.6 Å². The zero-order chi connectivity index (χ0) is 15.7. The van der Waals surface area contributed by atoms with Crippen LogP contribution < -0.4 is 10.0 Å². The molecule has 0 aromatic carbocycles. The van der Waals surface area contributed by atoms with Crippen LogP contribution in [0.25, 0.3) is 0 Å². The standard InChI is InChI=1S/C14H26N2O4S/c1-4-15-11-13-10-14(12(2)20-13)21(17,18)16-8-6-5-7-9-19-3/h10,15-16H,4-9,11H2,1-3H3. The van der Waals surface area contributed by atoms with Gasteiger partial charge in [-0.15, -0.1) is 0 Å². The highest BCUT2D eigenvalue weighted by Gasteiger charge is 2.20. The van der Waals surface area contributed by atoms with Crippen molar-refractivity contribution in [1.82, 2.24) is 10.0 Å². The van der Waals surface area contributed by atoms with Gasteiger partial charge in [-0.1, -0.05) is 6.92 Å². The Hall–Kier alpha value is -0.890. The minimum atomic E-state index is -3.49. The number of ether oxygens (including phenoxy) is 1. The van der Waals surface area contributed by atoms with Crippen LogP contribution in [0.15, 0.2) is 15.4 Å². The van der Waals surface area contributed by atoms with Gasteiger partial charge in [-0.05, 0) is 32.7 Å². The second kappa shape index (κ2) is 9.19. The van der Waals surface area contributed by atoms with Crippen LogP contribution in [-0.4, -0.2) is 35.2 Å². The maximum absolute atomic E-state index is 12.2. The number of nitrogens with one attached hydrogen (secondary N) is 2. The molecule has 6 nitrogen and oxygen atoms in total. The topological polar surface area (TPSA) is 80.6 Å². The quantitative estimate of drug-likeness (QED) is 0.608. The maximum Gasteiger partial charge on any atom is 0.244 e. The van der Waals surface area contributed by atoms with Crippen molar-refractivity contribution < 1.29 is 17.6 Å². The van der Waals surface area contributed by atoms with Crippen LogP contribution in [0.2, 0.25) is 0 Å². The molecule has 0 bridgehead atoms. The molecule has 2 N–H and O–H groups in total. The first-order chi connectivity index (χ1) is 10.0. The Balaban J connectivity index is 2.51. The highest BCUT2D eigenvalue weighted by molar-refractivity contribution is 7.89. The van der Waals surface area contributed by atoms with Gasteiger partial charge in [-0.3, -0.25) is 0 Å². The number of sulfonamides is 1. The average molecular weight is 318 g/mol. The summed E-state index contributed by atoms with van der Waals surface area (Å²) in [5.74, 6) is 1.06. The molecule has 1 rings (SSSR count). The van der Waals surface area contributed by atoms with Crippen molar-refractivity contribution in [2.75, 3.05) is 26.8 Å². The SMILES string of the molecule is CCNCc1cc(S(=O)(=O)NCCCCCOC)c(C)o1. The van der Waals surface area contributed by atoms with Gasteiger partial charge in [-0.2, -0.15) is 0 Å². The molecular formula is C14H26N2O4S. The molecule has 1 aromatic heterocycles. The van der Waals surface area contributed by atoms with Crippen LogP contribution in [0.3, 0.4) is 0 Å². The van der Waals surface area contributed by atoms with Gasteiger partial charge < -0.3 is 14.5 Å². The zero-order valence-electron chi connectivity index (χ0n) is 13.1. The van der Waals surface area contributed by atoms with E-state index < -0.39 is 10.0 Å². The summed E-state index contributed by atoms with van der Waals surface area (Å²) >= 11 is 0. The van der Waals surface area contributed by atoms with Crippen LogP contribution in [-0.2, 0) is 21.3 Å². The Morgan fingerprint density at radius 1 is 1.29 bits per heavy atom. The van der Waals surface area contributed by atoms with Crippen molar-refractivity contribution in [3.63, 3.8) is 0 Å². The summed E-state index contributed by atoms with van der Waals surface area (Å²) in [6, 6.07) is 1.59. The van der Waals surface area contributed by atoms with Crippen LogP contribution in [0.1, 0.15) is 37.7 Å². The molecular weight excluding hydrogens is 292 g/mol. The molecule has 1 aromatic rings. The van der Waals surface area contributed by atoms with Crippen LogP contribution in [0.5, 0.6) is 0 Å². The van der Waals surface area contributed by atoms with Crippen molar-refractivity contribution in [2.24, 2.45) is 0 Å². The molecule has 0 unspecified atom stereocenters. The Kier molecular flexibility index (Phi) is 7.95. The minimum Gasteiger partial charge on any atom is -0.464 e. The molecule has 1 heterocycles. The first-order valence-electron chi connectivity index (χ1n) is 7.30. The molecule has 0 amide bonds. The van der Waals surface area contributed by atoms with Gasteiger partial charge in [0.1, 0.15) is 16.4 Å². The van der Waals surface area contributed by atoms with Gasteiger partial charge in [0.2, 0.25) is 10.0 Å². The maximum atomic E-state index is 12.2. The van der Waals surface area contributed by atoms with E-state index in [1.165, 1.54) is 0 Å². The third-order valence-electron chi connectivity index (χ3n) is 3.08. The summed E-state index contributed by atoms with van der Waals surface area (Å²) in [7, 11) is -1.83. The van der Waals surface area contributed by atoms with Crippen molar-refractivity contribution in [1.29, 1.82) is 0 Å². The minimum absolute atomic E-state index is 0.229. The van der Waals surface area contributed by atoms with E-state index in [4.69, 9.17) is 9.15 Å². The first kappa shape index (κ1) is 18.2. The van der Waals surface area contributed by atoms with E-state index in [0.29, 0.717) is 31.2 Å². The lowest BCUT2D eigenvalue weighted by Gasteiger charge is -2.05. The number of methoxy groups -OCH3 is 1. The smallest absolute Gasteiger partial charge is 0.244 e. The summed E-state index contributed by atoms with van der Waals surface area (Å²) in [6.07, 6.45) is 2.67. The van der Waals surface area contributed by atoms with E-state index >= 15 is 0 Å². The number of unbranched alkanes of at least 4 members (excludes halogenated alkanes) is 2. The number of hydrogen-bond acceptors (Lipinski definition) is 5. The molecule has 0 saturated carbocycles. The summed E-state index contributed by atoms with van der Waals surface area (Å²) in [6.45, 7) is 6.13. The number of hydrogen-bond donors (Lipinski definition) is 2.